The third-order valence-electron chi connectivity index (χ3n) is 10.8. The topological polar surface area (TPSA) is 173 Å². The SMILES string of the molecule is COCc1nnc(C[C@@H]2N=C(c3ccc(Cl)cc3)c3c(sc(C)c3C)-n3c(C)nnc32)o1.Cc1sc2c(c1C)C(c1ccc(Cl)cc1)=N[C@@H](Cc1nnc(CCl)o1)c1nnc(C)n1-2. The van der Waals surface area contributed by atoms with Crippen molar-refractivity contribution in [1.82, 2.24) is 49.9 Å². The minimum atomic E-state index is -0.352. The third-order valence-corrected chi connectivity index (χ3v) is 14.0. The summed E-state index contributed by atoms with van der Waals surface area (Å²) in [5, 5.41) is 37.5. The van der Waals surface area contributed by atoms with Crippen LogP contribution in [-0.4, -0.2) is 68.5 Å². The van der Waals surface area contributed by atoms with Crippen LogP contribution in [0, 0.1) is 41.5 Å². The Labute approximate surface area is 384 Å². The normalized spacial score (nSPS) is 15.3. The number of aryl methyl sites for hydroxylation is 4. The number of halogens is 3. The lowest BCUT2D eigenvalue weighted by Gasteiger charge is -2.11. The summed E-state index contributed by atoms with van der Waals surface area (Å²) in [5.41, 5.74) is 8.32. The highest BCUT2D eigenvalue weighted by Crippen LogP contribution is 2.41. The Hall–Kier alpha value is -5.43. The van der Waals surface area contributed by atoms with E-state index in [0.29, 0.717) is 46.4 Å². The molecule has 63 heavy (non-hydrogen) atoms. The first kappa shape index (κ1) is 42.9. The van der Waals surface area contributed by atoms with Crippen molar-refractivity contribution >= 4 is 68.9 Å². The molecule has 8 heterocycles. The van der Waals surface area contributed by atoms with Gasteiger partial charge in [-0.3, -0.25) is 19.1 Å². The zero-order valence-electron chi connectivity index (χ0n) is 35.1. The van der Waals surface area contributed by atoms with E-state index >= 15 is 0 Å². The molecule has 20 heteroatoms. The number of hydrogen-bond acceptors (Lipinski definition) is 15. The number of aromatic nitrogens is 10. The molecule has 0 bridgehead atoms. The van der Waals surface area contributed by atoms with Gasteiger partial charge in [-0.05, 0) is 76.9 Å². The van der Waals surface area contributed by atoms with Crippen LogP contribution in [0.4, 0.5) is 0 Å². The molecule has 0 radical (unpaired) electrons. The molecule has 8 aromatic rings. The number of fused-ring (bicyclic) bond motifs is 6. The highest BCUT2D eigenvalue weighted by atomic mass is 35.5. The summed E-state index contributed by atoms with van der Waals surface area (Å²) in [6.07, 6.45) is 0.797. The molecule has 0 aliphatic carbocycles. The fourth-order valence-electron chi connectivity index (χ4n) is 7.57. The van der Waals surface area contributed by atoms with Crippen molar-refractivity contribution in [3.63, 3.8) is 0 Å². The maximum Gasteiger partial charge on any atom is 0.242 e. The van der Waals surface area contributed by atoms with Gasteiger partial charge in [0, 0.05) is 49.2 Å². The predicted octanol–water partition coefficient (Wildman–Crippen LogP) is 9.74. The van der Waals surface area contributed by atoms with Crippen LogP contribution in [0.3, 0.4) is 0 Å². The van der Waals surface area contributed by atoms with Gasteiger partial charge in [0.2, 0.25) is 23.6 Å². The fraction of sp³-hybridized carbons (Fsp3) is 0.302. The fourth-order valence-corrected chi connectivity index (χ4v) is 10.4. The molecule has 15 nitrogen and oxygen atoms in total. The van der Waals surface area contributed by atoms with E-state index in [1.165, 1.54) is 20.9 Å². The third kappa shape index (κ3) is 8.17. The monoisotopic (exact) mass is 940 g/mol. The standard InChI is InChI=1S/C22H21ClN6O2S.C21H18Cl2N6OS/c1-11-12(2)32-22-19(11)20(14-5-7-15(23)8-6-14)24-16(21-28-25-13(3)29(21)22)9-17-26-27-18(31-17)10-30-4;1-10-11(2)31-21-18(10)19(13-4-6-14(23)7-5-13)24-15(20-28-25-12(3)29(20)21)8-16-26-27-17(9-22)30-16/h5-8,16H,9-10H2,1-4H3;4-7,15H,8-9H2,1-3H3/t16-;15-/m00/s1. The van der Waals surface area contributed by atoms with Crippen LogP contribution in [-0.2, 0) is 30.1 Å². The molecule has 0 amide bonds. The van der Waals surface area contributed by atoms with Gasteiger partial charge in [-0.15, -0.1) is 75.1 Å². The van der Waals surface area contributed by atoms with E-state index in [1.54, 1.807) is 29.8 Å². The van der Waals surface area contributed by atoms with E-state index in [1.807, 2.05) is 62.4 Å². The van der Waals surface area contributed by atoms with Crippen LogP contribution < -0.4 is 0 Å². The quantitative estimate of drug-likeness (QED) is 0.126. The van der Waals surface area contributed by atoms with E-state index in [9.17, 15) is 0 Å². The van der Waals surface area contributed by atoms with Crippen LogP contribution in [0.15, 0.2) is 67.4 Å². The number of rotatable bonds is 9. The van der Waals surface area contributed by atoms with Crippen LogP contribution in [0.25, 0.3) is 10.0 Å². The Balaban J connectivity index is 0.000000160. The predicted molar refractivity (Wildman–Crippen MR) is 243 cm³/mol. The van der Waals surface area contributed by atoms with Gasteiger partial charge in [0.15, 0.2) is 11.6 Å². The van der Waals surface area contributed by atoms with Crippen molar-refractivity contribution in [3.05, 3.63) is 149 Å². The molecule has 2 aromatic carbocycles. The lowest BCUT2D eigenvalue weighted by molar-refractivity contribution is 0.158. The maximum absolute atomic E-state index is 6.16. The molecule has 10 rings (SSSR count). The smallest absolute Gasteiger partial charge is 0.242 e. The summed E-state index contributed by atoms with van der Waals surface area (Å²) >= 11 is 21.6. The van der Waals surface area contributed by atoms with Gasteiger partial charge in [0.25, 0.3) is 0 Å². The summed E-state index contributed by atoms with van der Waals surface area (Å²) in [4.78, 5) is 12.8. The second kappa shape index (κ2) is 17.6. The van der Waals surface area contributed by atoms with Crippen molar-refractivity contribution in [2.75, 3.05) is 7.11 Å². The van der Waals surface area contributed by atoms with E-state index < -0.39 is 0 Å². The summed E-state index contributed by atoms with van der Waals surface area (Å²) in [6, 6.07) is 14.8. The summed E-state index contributed by atoms with van der Waals surface area (Å²) < 4.78 is 20.7. The van der Waals surface area contributed by atoms with Crippen LogP contribution in [0.1, 0.15) is 102 Å². The van der Waals surface area contributed by atoms with E-state index in [2.05, 4.69) is 77.6 Å². The lowest BCUT2D eigenvalue weighted by Crippen LogP contribution is -2.09. The number of thiophene rings is 2. The Morgan fingerprint density at radius 2 is 0.984 bits per heavy atom. The molecule has 0 fully saturated rings. The molecule has 0 saturated carbocycles. The van der Waals surface area contributed by atoms with Crippen LogP contribution in [0.5, 0.6) is 0 Å². The van der Waals surface area contributed by atoms with Crippen molar-refractivity contribution in [2.24, 2.45) is 9.98 Å². The van der Waals surface area contributed by atoms with Crippen LogP contribution in [0.2, 0.25) is 10.0 Å². The number of alkyl halides is 1. The van der Waals surface area contributed by atoms with E-state index in [4.69, 9.17) is 58.4 Å². The number of hydrogen-bond donors (Lipinski definition) is 0. The molecule has 0 N–H and O–H groups in total. The second-order valence-electron chi connectivity index (χ2n) is 15.0. The number of ether oxygens (including phenoxy) is 1. The minimum absolute atomic E-state index is 0.169. The van der Waals surface area contributed by atoms with Gasteiger partial charge in [0.1, 0.15) is 46.2 Å². The molecule has 2 atom stereocenters. The van der Waals surface area contributed by atoms with Gasteiger partial charge in [-0.2, -0.15) is 0 Å². The summed E-state index contributed by atoms with van der Waals surface area (Å²) in [6.45, 7) is 12.7. The summed E-state index contributed by atoms with van der Waals surface area (Å²) in [5.74, 6) is 5.04. The number of nitrogens with zero attached hydrogens (tertiary/aromatic N) is 12. The Morgan fingerprint density at radius 1 is 0.571 bits per heavy atom. The zero-order valence-corrected chi connectivity index (χ0v) is 39.0. The second-order valence-corrected chi connectivity index (χ2v) is 18.5. The first-order chi connectivity index (χ1) is 30.4. The molecule has 0 spiro atoms. The van der Waals surface area contributed by atoms with Crippen molar-refractivity contribution in [3.8, 4) is 10.0 Å². The molecule has 6 aromatic heterocycles. The Bertz CT molecular complexity index is 3030. The Kier molecular flexibility index (Phi) is 12.0. The summed E-state index contributed by atoms with van der Waals surface area (Å²) in [7, 11) is 1.59. The first-order valence-corrected chi connectivity index (χ1v) is 22.7. The molecule has 2 aliphatic rings. The minimum Gasteiger partial charge on any atom is -0.424 e. The average molecular weight is 942 g/mol. The highest BCUT2D eigenvalue weighted by molar-refractivity contribution is 7.15. The first-order valence-electron chi connectivity index (χ1n) is 19.8. The molecular formula is C43H39Cl3N12O3S2. The van der Waals surface area contributed by atoms with Crippen LogP contribution >= 0.6 is 57.5 Å². The maximum atomic E-state index is 6.16. The van der Waals surface area contributed by atoms with E-state index in [0.717, 1.165) is 67.0 Å². The van der Waals surface area contributed by atoms with E-state index in [-0.39, 0.29) is 24.6 Å². The largest absolute Gasteiger partial charge is 0.424 e. The van der Waals surface area contributed by atoms with Gasteiger partial charge < -0.3 is 13.6 Å². The number of aliphatic imine (C=N–C) groups is 2. The van der Waals surface area contributed by atoms with Crippen molar-refractivity contribution < 1.29 is 13.6 Å². The van der Waals surface area contributed by atoms with Gasteiger partial charge in [-0.1, -0.05) is 47.5 Å². The zero-order chi connectivity index (χ0) is 44.1. The molecular weight excluding hydrogens is 903 g/mol. The van der Waals surface area contributed by atoms with Crippen molar-refractivity contribution in [1.29, 1.82) is 0 Å². The van der Waals surface area contributed by atoms with Crippen molar-refractivity contribution in [2.45, 2.75) is 79.0 Å². The average Bonchev–Trinajstić information content (AvgIpc) is 4.13. The molecule has 0 unspecified atom stereocenters. The number of benzene rings is 2. The lowest BCUT2D eigenvalue weighted by atomic mass is 9.99. The number of methoxy groups -OCH3 is 1. The van der Waals surface area contributed by atoms with Gasteiger partial charge >= 0.3 is 0 Å². The molecule has 322 valence electrons. The highest BCUT2D eigenvalue weighted by Gasteiger charge is 2.34. The Morgan fingerprint density at radius 3 is 1.40 bits per heavy atom. The van der Waals surface area contributed by atoms with Gasteiger partial charge in [0.05, 0.1) is 24.3 Å². The molecule has 0 saturated heterocycles. The van der Waals surface area contributed by atoms with Gasteiger partial charge in [-0.25, -0.2) is 0 Å². The molecule has 2 aliphatic heterocycles.